The average molecular weight is 304 g/mol. The van der Waals surface area contributed by atoms with Gasteiger partial charge in [-0.25, -0.2) is 4.79 Å². The van der Waals surface area contributed by atoms with Crippen molar-refractivity contribution in [2.45, 2.75) is 44.7 Å². The minimum Gasteiger partial charge on any atom is -0.480 e. The predicted molar refractivity (Wildman–Crippen MR) is 80.1 cm³/mol. The van der Waals surface area contributed by atoms with Crippen LogP contribution in [-0.4, -0.2) is 28.9 Å². The monoisotopic (exact) mass is 304 g/mol. The maximum atomic E-state index is 11.3. The number of hydrogen-bond donors (Lipinski definition) is 3. The summed E-state index contributed by atoms with van der Waals surface area (Å²) in [5, 5.41) is 14.6. The molecule has 1 atom stereocenters. The van der Waals surface area contributed by atoms with Crippen LogP contribution in [0.25, 0.3) is 0 Å². The summed E-state index contributed by atoms with van der Waals surface area (Å²) in [4.78, 5) is 33.6. The lowest BCUT2D eigenvalue weighted by molar-refractivity contribution is -0.141. The largest absolute Gasteiger partial charge is 0.480 e. The third-order valence-electron chi connectivity index (χ3n) is 3.76. The molecule has 1 aromatic carbocycles. The molecule has 118 valence electrons. The Balaban J connectivity index is 2.16. The number of rotatable bonds is 6. The number of amides is 2. The second kappa shape index (κ2) is 6.17. The van der Waals surface area contributed by atoms with Crippen molar-refractivity contribution in [2.24, 2.45) is 0 Å². The van der Waals surface area contributed by atoms with Crippen molar-refractivity contribution in [3.8, 4) is 0 Å². The van der Waals surface area contributed by atoms with Crippen molar-refractivity contribution >= 4 is 17.8 Å². The van der Waals surface area contributed by atoms with Gasteiger partial charge in [0.15, 0.2) is 0 Å². The van der Waals surface area contributed by atoms with Crippen molar-refractivity contribution in [3.05, 3.63) is 35.4 Å². The van der Waals surface area contributed by atoms with Gasteiger partial charge in [0.25, 0.3) is 0 Å². The molecule has 1 aromatic rings. The summed E-state index contributed by atoms with van der Waals surface area (Å²) < 4.78 is 0. The zero-order valence-corrected chi connectivity index (χ0v) is 12.7. The Hall–Kier alpha value is -2.37. The summed E-state index contributed by atoms with van der Waals surface area (Å²) in [6.07, 6.45) is 1.97. The SMILES string of the molecule is CC(=O)NC(Cc1cccc(C2(NC(C)=O)CC2)c1)C(=O)O. The molecule has 3 N–H and O–H groups in total. The number of carbonyl (C=O) groups is 3. The van der Waals surface area contributed by atoms with Crippen molar-refractivity contribution in [2.75, 3.05) is 0 Å². The summed E-state index contributed by atoms with van der Waals surface area (Å²) in [6, 6.07) is 6.55. The summed E-state index contributed by atoms with van der Waals surface area (Å²) in [7, 11) is 0. The van der Waals surface area contributed by atoms with Gasteiger partial charge in [0.1, 0.15) is 6.04 Å². The van der Waals surface area contributed by atoms with E-state index in [1.165, 1.54) is 13.8 Å². The normalized spacial score (nSPS) is 16.5. The van der Waals surface area contributed by atoms with E-state index in [4.69, 9.17) is 0 Å². The van der Waals surface area contributed by atoms with E-state index >= 15 is 0 Å². The Labute approximate surface area is 128 Å². The number of aliphatic carboxylic acids is 1. The lowest BCUT2D eigenvalue weighted by Gasteiger charge is -2.19. The highest BCUT2D eigenvalue weighted by atomic mass is 16.4. The second-order valence-electron chi connectivity index (χ2n) is 5.76. The van der Waals surface area contributed by atoms with E-state index in [2.05, 4.69) is 10.6 Å². The van der Waals surface area contributed by atoms with E-state index in [0.29, 0.717) is 0 Å². The molecule has 0 heterocycles. The summed E-state index contributed by atoms with van der Waals surface area (Å²) >= 11 is 0. The van der Waals surface area contributed by atoms with E-state index in [1.54, 1.807) is 0 Å². The van der Waals surface area contributed by atoms with Crippen molar-refractivity contribution in [1.82, 2.24) is 10.6 Å². The van der Waals surface area contributed by atoms with Crippen LogP contribution < -0.4 is 10.6 Å². The molecule has 0 aliphatic heterocycles. The molecule has 1 fully saturated rings. The van der Waals surface area contributed by atoms with Crippen LogP contribution in [0.15, 0.2) is 24.3 Å². The Kier molecular flexibility index (Phi) is 4.49. The fourth-order valence-corrected chi connectivity index (χ4v) is 2.62. The van der Waals surface area contributed by atoms with E-state index < -0.39 is 12.0 Å². The van der Waals surface area contributed by atoms with Gasteiger partial charge in [0, 0.05) is 20.3 Å². The molecular formula is C16H20N2O4. The Bertz CT molecular complexity index is 608. The summed E-state index contributed by atoms with van der Waals surface area (Å²) in [6.45, 7) is 2.78. The third-order valence-corrected chi connectivity index (χ3v) is 3.76. The molecular weight excluding hydrogens is 284 g/mol. The number of benzene rings is 1. The maximum Gasteiger partial charge on any atom is 0.326 e. The van der Waals surface area contributed by atoms with Crippen LogP contribution >= 0.6 is 0 Å². The Morgan fingerprint density at radius 3 is 2.41 bits per heavy atom. The highest BCUT2D eigenvalue weighted by molar-refractivity contribution is 5.82. The van der Waals surface area contributed by atoms with Gasteiger partial charge in [-0.15, -0.1) is 0 Å². The maximum absolute atomic E-state index is 11.3. The standard InChI is InChI=1S/C16H20N2O4/c1-10(19)17-14(15(21)22)9-12-4-3-5-13(8-12)16(6-7-16)18-11(2)20/h3-5,8,14H,6-7,9H2,1-2H3,(H,17,19)(H,18,20)(H,21,22). The molecule has 22 heavy (non-hydrogen) atoms. The van der Waals surface area contributed by atoms with E-state index in [1.807, 2.05) is 24.3 Å². The van der Waals surface area contributed by atoms with Gasteiger partial charge in [0.05, 0.1) is 5.54 Å². The average Bonchev–Trinajstić information content (AvgIpc) is 3.18. The van der Waals surface area contributed by atoms with Gasteiger partial charge in [-0.3, -0.25) is 9.59 Å². The molecule has 2 rings (SSSR count). The molecule has 1 unspecified atom stereocenters. The first-order valence-corrected chi connectivity index (χ1v) is 7.20. The first kappa shape index (κ1) is 16.0. The minimum atomic E-state index is -1.07. The van der Waals surface area contributed by atoms with Crippen LogP contribution in [0.4, 0.5) is 0 Å². The van der Waals surface area contributed by atoms with Gasteiger partial charge in [-0.1, -0.05) is 24.3 Å². The number of nitrogens with one attached hydrogen (secondary N) is 2. The van der Waals surface area contributed by atoms with Crippen molar-refractivity contribution in [3.63, 3.8) is 0 Å². The van der Waals surface area contributed by atoms with Gasteiger partial charge in [-0.2, -0.15) is 0 Å². The molecule has 1 aliphatic carbocycles. The molecule has 0 saturated heterocycles. The Morgan fingerprint density at radius 1 is 1.23 bits per heavy atom. The van der Waals surface area contributed by atoms with E-state index in [9.17, 15) is 19.5 Å². The third kappa shape index (κ3) is 3.84. The molecule has 2 amide bonds. The van der Waals surface area contributed by atoms with Crippen LogP contribution in [0, 0.1) is 0 Å². The lowest BCUT2D eigenvalue weighted by atomic mass is 9.98. The highest BCUT2D eigenvalue weighted by Gasteiger charge is 2.45. The zero-order chi connectivity index (χ0) is 16.3. The van der Waals surface area contributed by atoms with Gasteiger partial charge < -0.3 is 15.7 Å². The highest BCUT2D eigenvalue weighted by Crippen LogP contribution is 2.45. The van der Waals surface area contributed by atoms with Gasteiger partial charge >= 0.3 is 5.97 Å². The Morgan fingerprint density at radius 2 is 1.91 bits per heavy atom. The lowest BCUT2D eigenvalue weighted by Crippen LogP contribution is -2.41. The molecule has 6 nitrogen and oxygen atoms in total. The number of carboxylic acid groups (broad SMARTS) is 1. The first-order chi connectivity index (χ1) is 10.3. The molecule has 1 saturated carbocycles. The molecule has 0 aromatic heterocycles. The van der Waals surface area contributed by atoms with Gasteiger partial charge in [-0.05, 0) is 24.0 Å². The molecule has 1 aliphatic rings. The number of carbonyl (C=O) groups excluding carboxylic acids is 2. The molecule has 0 spiro atoms. The second-order valence-corrected chi connectivity index (χ2v) is 5.76. The predicted octanol–water partition coefficient (Wildman–Crippen LogP) is 0.944. The quantitative estimate of drug-likeness (QED) is 0.729. The number of hydrogen-bond acceptors (Lipinski definition) is 3. The summed E-state index contributed by atoms with van der Waals surface area (Å²) in [5.74, 6) is -1.52. The summed E-state index contributed by atoms with van der Waals surface area (Å²) in [5.41, 5.74) is 1.48. The minimum absolute atomic E-state index is 0.0791. The smallest absolute Gasteiger partial charge is 0.326 e. The van der Waals surface area contributed by atoms with Gasteiger partial charge in [0.2, 0.25) is 11.8 Å². The van der Waals surface area contributed by atoms with Crippen molar-refractivity contribution < 1.29 is 19.5 Å². The van der Waals surface area contributed by atoms with Crippen molar-refractivity contribution in [1.29, 1.82) is 0 Å². The molecule has 0 radical (unpaired) electrons. The molecule has 0 bridgehead atoms. The van der Waals surface area contributed by atoms with Crippen LogP contribution in [0.1, 0.15) is 37.8 Å². The van der Waals surface area contributed by atoms with Crippen LogP contribution in [0.5, 0.6) is 0 Å². The fourth-order valence-electron chi connectivity index (χ4n) is 2.62. The fraction of sp³-hybridized carbons (Fsp3) is 0.438. The number of carboxylic acids is 1. The van der Waals surface area contributed by atoms with E-state index in [0.717, 1.165) is 24.0 Å². The topological polar surface area (TPSA) is 95.5 Å². The van der Waals surface area contributed by atoms with Crippen LogP contribution in [0.2, 0.25) is 0 Å². The van der Waals surface area contributed by atoms with E-state index in [-0.39, 0.29) is 23.8 Å². The molecule has 6 heteroatoms. The van der Waals surface area contributed by atoms with Crippen LogP contribution in [0.3, 0.4) is 0 Å². The first-order valence-electron chi connectivity index (χ1n) is 7.20. The zero-order valence-electron chi connectivity index (χ0n) is 12.7. The van der Waals surface area contributed by atoms with Crippen LogP contribution in [-0.2, 0) is 26.3 Å².